The second-order valence-electron chi connectivity index (χ2n) is 4.28. The number of anilines is 1. The lowest BCUT2D eigenvalue weighted by Gasteiger charge is -2.23. The number of Topliss-reactive ketones (excluding diaryl/α,β-unsaturated/α-hetero) is 1. The van der Waals surface area contributed by atoms with Crippen LogP contribution in [0.25, 0.3) is 0 Å². The van der Waals surface area contributed by atoms with Gasteiger partial charge in [0.1, 0.15) is 6.29 Å². The lowest BCUT2D eigenvalue weighted by molar-refractivity contribution is -0.114. The molecule has 1 amide bonds. The first kappa shape index (κ1) is 12.8. The van der Waals surface area contributed by atoms with Crippen LogP contribution in [-0.2, 0) is 16.0 Å². The highest BCUT2D eigenvalue weighted by Gasteiger charge is 2.30. The van der Waals surface area contributed by atoms with E-state index in [1.807, 2.05) is 0 Å². The first-order valence-corrected chi connectivity index (χ1v) is 6.01. The molecule has 0 fully saturated rings. The Bertz CT molecular complexity index is 539. The molecule has 2 rings (SSSR count). The minimum atomic E-state index is -0.636. The zero-order chi connectivity index (χ0) is 13.3. The van der Waals surface area contributed by atoms with Gasteiger partial charge in [-0.25, -0.2) is 0 Å². The summed E-state index contributed by atoms with van der Waals surface area (Å²) in [6.07, 6.45) is 1.69. The van der Waals surface area contributed by atoms with Crippen LogP contribution < -0.4 is 5.32 Å². The van der Waals surface area contributed by atoms with Gasteiger partial charge in [-0.2, -0.15) is 0 Å². The van der Waals surface area contributed by atoms with Gasteiger partial charge in [0.2, 0.25) is 5.91 Å². The summed E-state index contributed by atoms with van der Waals surface area (Å²) in [7, 11) is 0. The number of halogens is 1. The molecule has 0 aliphatic heterocycles. The minimum Gasteiger partial charge on any atom is -0.326 e. The van der Waals surface area contributed by atoms with Crippen molar-refractivity contribution in [3.63, 3.8) is 0 Å². The second kappa shape index (κ2) is 4.90. The summed E-state index contributed by atoms with van der Waals surface area (Å²) in [5.74, 6) is -1.17. The van der Waals surface area contributed by atoms with Crippen molar-refractivity contribution in [3.8, 4) is 0 Å². The maximum Gasteiger partial charge on any atom is 0.221 e. The molecular formula is C13H12ClNO3. The number of carbonyl (C=O) groups is 3. The SMILES string of the molecule is CC(=O)Nc1ccc(Cl)c2c1C(=O)C(C=O)CC2. The Morgan fingerprint density at radius 1 is 1.50 bits per heavy atom. The van der Waals surface area contributed by atoms with Gasteiger partial charge in [-0.05, 0) is 30.5 Å². The predicted octanol–water partition coefficient (Wildman–Crippen LogP) is 2.24. The molecule has 0 heterocycles. The second-order valence-corrected chi connectivity index (χ2v) is 4.68. The quantitative estimate of drug-likeness (QED) is 0.659. The molecular weight excluding hydrogens is 254 g/mol. The van der Waals surface area contributed by atoms with Crippen LogP contribution in [0.15, 0.2) is 12.1 Å². The number of nitrogens with one attached hydrogen (secondary N) is 1. The largest absolute Gasteiger partial charge is 0.326 e. The van der Waals surface area contributed by atoms with Crippen LogP contribution in [0, 0.1) is 5.92 Å². The van der Waals surface area contributed by atoms with E-state index in [-0.39, 0.29) is 11.7 Å². The monoisotopic (exact) mass is 265 g/mol. The molecule has 18 heavy (non-hydrogen) atoms. The van der Waals surface area contributed by atoms with Gasteiger partial charge in [0.15, 0.2) is 5.78 Å². The highest BCUT2D eigenvalue weighted by atomic mass is 35.5. The molecule has 4 nitrogen and oxygen atoms in total. The number of amides is 1. The van der Waals surface area contributed by atoms with Crippen molar-refractivity contribution in [1.29, 1.82) is 0 Å². The molecule has 0 aromatic heterocycles. The summed E-state index contributed by atoms with van der Waals surface area (Å²) in [6, 6.07) is 3.24. The molecule has 0 spiro atoms. The van der Waals surface area contributed by atoms with Crippen molar-refractivity contribution in [1.82, 2.24) is 0 Å². The number of benzene rings is 1. The fourth-order valence-electron chi connectivity index (χ4n) is 2.19. The lowest BCUT2D eigenvalue weighted by atomic mass is 9.82. The van der Waals surface area contributed by atoms with Crippen LogP contribution >= 0.6 is 11.6 Å². The van der Waals surface area contributed by atoms with Gasteiger partial charge in [-0.1, -0.05) is 11.6 Å². The average Bonchev–Trinajstić information content (AvgIpc) is 2.32. The first-order valence-electron chi connectivity index (χ1n) is 5.63. The van der Waals surface area contributed by atoms with Gasteiger partial charge < -0.3 is 10.1 Å². The van der Waals surface area contributed by atoms with Crippen LogP contribution in [0.1, 0.15) is 29.3 Å². The summed E-state index contributed by atoms with van der Waals surface area (Å²) in [5.41, 5.74) is 1.52. The van der Waals surface area contributed by atoms with E-state index in [1.54, 1.807) is 12.1 Å². The molecule has 94 valence electrons. The molecule has 0 radical (unpaired) electrons. The molecule has 1 unspecified atom stereocenters. The lowest BCUT2D eigenvalue weighted by Crippen LogP contribution is -2.26. The van der Waals surface area contributed by atoms with Gasteiger partial charge in [0.25, 0.3) is 0 Å². The fourth-order valence-corrected chi connectivity index (χ4v) is 2.44. The highest BCUT2D eigenvalue weighted by Crippen LogP contribution is 2.34. The van der Waals surface area contributed by atoms with Crippen LogP contribution in [0.2, 0.25) is 5.02 Å². The Morgan fingerprint density at radius 3 is 2.83 bits per heavy atom. The zero-order valence-electron chi connectivity index (χ0n) is 9.83. The number of aldehydes is 1. The van der Waals surface area contributed by atoms with Gasteiger partial charge >= 0.3 is 0 Å². The Kier molecular flexibility index (Phi) is 3.48. The van der Waals surface area contributed by atoms with Crippen LogP contribution in [-0.4, -0.2) is 18.0 Å². The zero-order valence-corrected chi connectivity index (χ0v) is 10.6. The normalized spacial score (nSPS) is 18.1. The highest BCUT2D eigenvalue weighted by molar-refractivity contribution is 6.32. The summed E-state index contributed by atoms with van der Waals surface area (Å²) in [6.45, 7) is 1.37. The summed E-state index contributed by atoms with van der Waals surface area (Å²) in [5, 5.41) is 3.10. The average molecular weight is 266 g/mol. The molecule has 1 atom stereocenters. The molecule has 1 aromatic carbocycles. The van der Waals surface area contributed by atoms with Gasteiger partial charge in [-0.3, -0.25) is 9.59 Å². The van der Waals surface area contributed by atoms with Crippen molar-refractivity contribution in [2.24, 2.45) is 5.92 Å². The van der Waals surface area contributed by atoms with Crippen molar-refractivity contribution in [2.75, 3.05) is 5.32 Å². The topological polar surface area (TPSA) is 63.2 Å². The Labute approximate surface area is 109 Å². The van der Waals surface area contributed by atoms with E-state index in [2.05, 4.69) is 5.32 Å². The molecule has 0 saturated carbocycles. The predicted molar refractivity (Wildman–Crippen MR) is 68.0 cm³/mol. The van der Waals surface area contributed by atoms with E-state index in [0.717, 1.165) is 0 Å². The summed E-state index contributed by atoms with van der Waals surface area (Å²) in [4.78, 5) is 34.1. The van der Waals surface area contributed by atoms with Crippen molar-refractivity contribution >= 4 is 35.3 Å². The minimum absolute atomic E-state index is 0.263. The molecule has 1 aliphatic carbocycles. The van der Waals surface area contributed by atoms with Crippen LogP contribution in [0.5, 0.6) is 0 Å². The van der Waals surface area contributed by atoms with Gasteiger partial charge in [0.05, 0.1) is 11.6 Å². The Balaban J connectivity index is 2.56. The fraction of sp³-hybridized carbons (Fsp3) is 0.308. The molecule has 1 aliphatic rings. The number of fused-ring (bicyclic) bond motifs is 1. The molecule has 0 bridgehead atoms. The number of ketones is 1. The van der Waals surface area contributed by atoms with Crippen LogP contribution in [0.4, 0.5) is 5.69 Å². The summed E-state index contributed by atoms with van der Waals surface area (Å²) >= 11 is 6.05. The molecule has 0 saturated heterocycles. The van der Waals surface area contributed by atoms with E-state index < -0.39 is 5.92 Å². The third-order valence-electron chi connectivity index (χ3n) is 3.02. The van der Waals surface area contributed by atoms with E-state index in [1.165, 1.54) is 6.92 Å². The Hall–Kier alpha value is -1.68. The summed E-state index contributed by atoms with van der Waals surface area (Å²) < 4.78 is 0. The number of hydrogen-bond acceptors (Lipinski definition) is 3. The molecule has 1 N–H and O–H groups in total. The molecule has 1 aromatic rings. The first-order chi connectivity index (χ1) is 8.54. The number of hydrogen-bond donors (Lipinski definition) is 1. The maximum atomic E-state index is 12.2. The van der Waals surface area contributed by atoms with E-state index in [4.69, 9.17) is 11.6 Å². The maximum absolute atomic E-state index is 12.2. The van der Waals surface area contributed by atoms with E-state index >= 15 is 0 Å². The molecule has 5 heteroatoms. The van der Waals surface area contributed by atoms with Crippen LogP contribution in [0.3, 0.4) is 0 Å². The standard InChI is InChI=1S/C13H12ClNO3/c1-7(17)15-11-5-4-10(14)9-3-2-8(6-16)13(18)12(9)11/h4-6,8H,2-3H2,1H3,(H,15,17). The van der Waals surface area contributed by atoms with Crippen molar-refractivity contribution in [2.45, 2.75) is 19.8 Å². The Morgan fingerprint density at radius 2 is 2.22 bits per heavy atom. The number of carbonyl (C=O) groups excluding carboxylic acids is 3. The smallest absolute Gasteiger partial charge is 0.221 e. The van der Waals surface area contributed by atoms with Crippen molar-refractivity contribution in [3.05, 3.63) is 28.3 Å². The van der Waals surface area contributed by atoms with Gasteiger partial charge in [-0.15, -0.1) is 0 Å². The number of rotatable bonds is 2. The third kappa shape index (κ3) is 2.16. The van der Waals surface area contributed by atoms with E-state index in [0.29, 0.717) is 41.0 Å². The van der Waals surface area contributed by atoms with Gasteiger partial charge in [0, 0.05) is 17.5 Å². The third-order valence-corrected chi connectivity index (χ3v) is 3.37. The van der Waals surface area contributed by atoms with Crippen molar-refractivity contribution < 1.29 is 14.4 Å². The van der Waals surface area contributed by atoms with E-state index in [9.17, 15) is 14.4 Å².